The van der Waals surface area contributed by atoms with Crippen LogP contribution in [0.4, 0.5) is 14.5 Å². The average molecular weight is 597 g/mol. The number of pyridine rings is 1. The van der Waals surface area contributed by atoms with Crippen molar-refractivity contribution in [1.82, 2.24) is 4.57 Å². The van der Waals surface area contributed by atoms with Gasteiger partial charge in [0.2, 0.25) is 11.3 Å². The minimum absolute atomic E-state index is 0. The predicted molar refractivity (Wildman–Crippen MR) is 168 cm³/mol. The molecule has 44 heavy (non-hydrogen) atoms. The molecule has 0 saturated carbocycles. The first-order valence-corrected chi connectivity index (χ1v) is 13.8. The van der Waals surface area contributed by atoms with Crippen molar-refractivity contribution in [2.45, 2.75) is 20.4 Å². The Hall–Kier alpha value is -5.57. The average Bonchev–Trinajstić information content (AvgIpc) is 3.00. The standard InChI is InChI=1S/C35H28F2N2O5.H2/c1-3-43-35(42)28-21-39(20-27-29(36)10-7-11-30(27)37)31-18-19-32(44-25-15-13-24(14-16-25)38-22(2)40)26(33(31)34(28)41)17-12-23-8-5-4-6-9-23;/h4-19,21H,3,20H2,1-2H3,(H,38,40);1H/b17-12+;. The van der Waals surface area contributed by atoms with E-state index in [0.29, 0.717) is 28.3 Å². The number of rotatable bonds is 9. The summed E-state index contributed by atoms with van der Waals surface area (Å²) < 4.78 is 42.3. The van der Waals surface area contributed by atoms with Crippen LogP contribution in [0.15, 0.2) is 95.9 Å². The van der Waals surface area contributed by atoms with Gasteiger partial charge in [0.15, 0.2) is 0 Å². The lowest BCUT2D eigenvalue weighted by atomic mass is 10.0. The normalized spacial score (nSPS) is 11.1. The zero-order chi connectivity index (χ0) is 31.2. The van der Waals surface area contributed by atoms with Crippen LogP contribution < -0.4 is 15.5 Å². The van der Waals surface area contributed by atoms with Gasteiger partial charge in [-0.2, -0.15) is 0 Å². The Bertz CT molecular complexity index is 1920. The molecule has 0 spiro atoms. The fourth-order valence-electron chi connectivity index (χ4n) is 4.76. The molecule has 0 saturated heterocycles. The number of esters is 1. The Kier molecular flexibility index (Phi) is 8.95. The van der Waals surface area contributed by atoms with Gasteiger partial charge < -0.3 is 19.4 Å². The first-order chi connectivity index (χ1) is 21.2. The molecular weight excluding hydrogens is 566 g/mol. The third-order valence-electron chi connectivity index (χ3n) is 6.78. The van der Waals surface area contributed by atoms with Gasteiger partial charge >= 0.3 is 5.97 Å². The van der Waals surface area contributed by atoms with E-state index in [4.69, 9.17) is 9.47 Å². The van der Waals surface area contributed by atoms with Crippen LogP contribution in [0.25, 0.3) is 23.1 Å². The van der Waals surface area contributed by atoms with Crippen molar-refractivity contribution < 1.29 is 29.3 Å². The van der Waals surface area contributed by atoms with Crippen molar-refractivity contribution in [3.05, 3.63) is 135 Å². The summed E-state index contributed by atoms with van der Waals surface area (Å²) in [6, 6.07) is 22.8. The Labute approximate surface area is 253 Å². The zero-order valence-electron chi connectivity index (χ0n) is 24.0. The fourth-order valence-corrected chi connectivity index (χ4v) is 4.76. The number of benzene rings is 4. The van der Waals surface area contributed by atoms with Crippen molar-refractivity contribution in [3.8, 4) is 11.5 Å². The molecule has 0 aliphatic carbocycles. The van der Waals surface area contributed by atoms with Crippen molar-refractivity contribution in [3.63, 3.8) is 0 Å². The number of ether oxygens (including phenoxy) is 2. The highest BCUT2D eigenvalue weighted by Crippen LogP contribution is 2.33. The Balaban J connectivity index is 0.00000461. The second-order valence-corrected chi connectivity index (χ2v) is 9.84. The van der Waals surface area contributed by atoms with Gasteiger partial charge in [-0.15, -0.1) is 0 Å². The molecule has 5 aromatic rings. The van der Waals surface area contributed by atoms with Gasteiger partial charge in [0, 0.05) is 31.4 Å². The van der Waals surface area contributed by atoms with Gasteiger partial charge in [0.25, 0.3) is 0 Å². The molecule has 4 aromatic carbocycles. The number of halogens is 2. The van der Waals surface area contributed by atoms with Crippen LogP contribution >= 0.6 is 0 Å². The van der Waals surface area contributed by atoms with Gasteiger partial charge in [0.1, 0.15) is 28.7 Å². The van der Waals surface area contributed by atoms with Crippen LogP contribution in [0, 0.1) is 11.6 Å². The summed E-state index contributed by atoms with van der Waals surface area (Å²) in [5, 5.41) is 2.80. The largest absolute Gasteiger partial charge is 0.462 e. The number of nitrogens with one attached hydrogen (secondary N) is 1. The quantitative estimate of drug-likeness (QED) is 0.139. The minimum Gasteiger partial charge on any atom is -0.462 e. The summed E-state index contributed by atoms with van der Waals surface area (Å²) >= 11 is 0. The molecule has 224 valence electrons. The Morgan fingerprint density at radius 1 is 0.909 bits per heavy atom. The van der Waals surface area contributed by atoms with E-state index in [-0.39, 0.29) is 37.0 Å². The molecule has 7 nitrogen and oxygen atoms in total. The number of carbonyl (C=O) groups is 2. The number of hydrogen-bond acceptors (Lipinski definition) is 5. The van der Waals surface area contributed by atoms with Gasteiger partial charge in [-0.3, -0.25) is 9.59 Å². The monoisotopic (exact) mass is 596 g/mol. The second-order valence-electron chi connectivity index (χ2n) is 9.84. The molecule has 1 N–H and O–H groups in total. The Morgan fingerprint density at radius 3 is 2.27 bits per heavy atom. The Morgan fingerprint density at radius 2 is 1.61 bits per heavy atom. The molecule has 1 heterocycles. The van der Waals surface area contributed by atoms with E-state index in [1.54, 1.807) is 55.5 Å². The summed E-state index contributed by atoms with van der Waals surface area (Å²) in [5.74, 6) is -1.89. The minimum atomic E-state index is -0.861. The van der Waals surface area contributed by atoms with Crippen LogP contribution in [0.2, 0.25) is 0 Å². The molecule has 0 aliphatic rings. The zero-order valence-corrected chi connectivity index (χ0v) is 24.0. The van der Waals surface area contributed by atoms with Gasteiger partial charge in [-0.1, -0.05) is 42.5 Å². The number of aromatic nitrogens is 1. The van der Waals surface area contributed by atoms with Crippen LogP contribution in [0.5, 0.6) is 11.5 Å². The lowest BCUT2D eigenvalue weighted by Gasteiger charge is -2.18. The molecule has 0 bridgehead atoms. The number of fused-ring (bicyclic) bond motifs is 1. The fraction of sp³-hybridized carbons (Fsp3) is 0.114. The summed E-state index contributed by atoms with van der Waals surface area (Å²) in [7, 11) is 0. The third kappa shape index (κ3) is 6.57. The van der Waals surface area contributed by atoms with E-state index in [2.05, 4.69) is 5.32 Å². The molecule has 0 fully saturated rings. The third-order valence-corrected chi connectivity index (χ3v) is 6.78. The number of anilines is 1. The first kappa shape index (κ1) is 29.9. The van der Waals surface area contributed by atoms with Crippen LogP contribution in [-0.4, -0.2) is 23.1 Å². The second kappa shape index (κ2) is 13.2. The molecular formula is C35H30F2N2O5. The predicted octanol–water partition coefficient (Wildman–Crippen LogP) is 7.67. The highest BCUT2D eigenvalue weighted by Gasteiger charge is 2.22. The molecule has 0 atom stereocenters. The van der Waals surface area contributed by atoms with E-state index in [1.807, 2.05) is 30.3 Å². The summed E-state index contributed by atoms with van der Waals surface area (Å²) in [4.78, 5) is 38.4. The van der Waals surface area contributed by atoms with E-state index >= 15 is 0 Å². The van der Waals surface area contributed by atoms with Gasteiger partial charge in [0.05, 0.1) is 24.1 Å². The van der Waals surface area contributed by atoms with E-state index in [1.165, 1.54) is 23.8 Å². The highest BCUT2D eigenvalue weighted by atomic mass is 19.1. The lowest BCUT2D eigenvalue weighted by Crippen LogP contribution is -2.22. The molecule has 9 heteroatoms. The summed E-state index contributed by atoms with van der Waals surface area (Å²) in [5.41, 5.74) is 0.946. The SMILES string of the molecule is CCOC(=O)c1cn(Cc2c(F)cccc2F)c2ccc(Oc3ccc(NC(C)=O)cc3)c(/C=C/c3ccccc3)c2c1=O.[HH]. The lowest BCUT2D eigenvalue weighted by molar-refractivity contribution is -0.114. The van der Waals surface area contributed by atoms with Crippen molar-refractivity contribution in [2.75, 3.05) is 11.9 Å². The number of hydrogen-bond donors (Lipinski definition) is 1. The summed E-state index contributed by atoms with van der Waals surface area (Å²) in [6.07, 6.45) is 4.75. The van der Waals surface area contributed by atoms with Gasteiger partial charge in [-0.05, 0) is 67.1 Å². The molecule has 0 aliphatic heterocycles. The van der Waals surface area contributed by atoms with Gasteiger partial charge in [-0.25, -0.2) is 13.6 Å². The maximum absolute atomic E-state index is 14.7. The molecule has 1 amide bonds. The molecule has 5 rings (SSSR count). The van der Waals surface area contributed by atoms with Crippen LogP contribution in [0.3, 0.4) is 0 Å². The van der Waals surface area contributed by atoms with E-state index < -0.39 is 23.0 Å². The molecule has 0 unspecified atom stereocenters. The first-order valence-electron chi connectivity index (χ1n) is 13.8. The number of carbonyl (C=O) groups excluding carboxylic acids is 2. The van der Waals surface area contributed by atoms with E-state index in [9.17, 15) is 23.2 Å². The van der Waals surface area contributed by atoms with E-state index in [0.717, 1.165) is 17.7 Å². The van der Waals surface area contributed by atoms with Crippen LogP contribution in [0.1, 0.15) is 42.3 Å². The topological polar surface area (TPSA) is 86.6 Å². The molecule has 0 radical (unpaired) electrons. The highest BCUT2D eigenvalue weighted by molar-refractivity contribution is 5.99. The summed E-state index contributed by atoms with van der Waals surface area (Å²) in [6.45, 7) is 2.75. The van der Waals surface area contributed by atoms with Crippen LogP contribution in [-0.2, 0) is 16.1 Å². The maximum Gasteiger partial charge on any atom is 0.343 e. The number of amides is 1. The van der Waals surface area contributed by atoms with Crippen molar-refractivity contribution in [1.29, 1.82) is 0 Å². The number of nitrogens with zero attached hydrogens (tertiary/aromatic N) is 1. The smallest absolute Gasteiger partial charge is 0.343 e. The van der Waals surface area contributed by atoms with Crippen molar-refractivity contribution in [2.24, 2.45) is 0 Å². The molecule has 1 aromatic heterocycles. The maximum atomic E-state index is 14.7. The van der Waals surface area contributed by atoms with Crippen molar-refractivity contribution >= 4 is 40.6 Å².